The van der Waals surface area contributed by atoms with Crippen LogP contribution in [0, 0.1) is 17.8 Å². The number of phenols is 2. The number of nitrogens with one attached hydrogen (secondary N) is 13. The summed E-state index contributed by atoms with van der Waals surface area (Å²) >= 11 is 0. The Balaban J connectivity index is 1.79. The number of carboxylic acid groups (broad SMARTS) is 2. The molecule has 0 fully saturated rings. The molecule has 0 unspecified atom stereocenters. The first-order chi connectivity index (χ1) is 58.7. The number of carbonyl (C=O) groups is 15. The van der Waals surface area contributed by atoms with Crippen molar-refractivity contribution in [2.75, 3.05) is 26.2 Å². The van der Waals surface area contributed by atoms with Gasteiger partial charge in [0.05, 0.1) is 38.7 Å². The molecule has 3 aromatic rings. The van der Waals surface area contributed by atoms with Gasteiger partial charge in [-0.3, -0.25) is 67.1 Å². The molecule has 37 heteroatoms. The van der Waals surface area contributed by atoms with Gasteiger partial charge in [-0.25, -0.2) is 4.79 Å². The van der Waals surface area contributed by atoms with Crippen molar-refractivity contribution in [2.24, 2.45) is 17.8 Å². The molecule has 0 bridgehead atoms. The normalized spacial score (nSPS) is 20.2. The molecule has 37 nitrogen and oxygen atoms in total. The summed E-state index contributed by atoms with van der Waals surface area (Å²) in [5.41, 5.74) is 12.8. The number of aliphatic hydroxyl groups is 1. The fourth-order valence-electron chi connectivity index (χ4n) is 13.9. The van der Waals surface area contributed by atoms with Crippen molar-refractivity contribution in [2.45, 2.75) is 287 Å². The highest BCUT2D eigenvalue weighted by Gasteiger charge is 2.44. The first-order valence-corrected chi connectivity index (χ1v) is 43.2. The fourth-order valence-corrected chi connectivity index (χ4v) is 13.9. The first-order valence-electron chi connectivity index (χ1n) is 43.2. The van der Waals surface area contributed by atoms with Gasteiger partial charge in [-0.2, -0.15) is 0 Å². The van der Waals surface area contributed by atoms with Crippen LogP contribution in [0.5, 0.6) is 11.5 Å². The zero-order chi connectivity index (χ0) is 92.4. The summed E-state index contributed by atoms with van der Waals surface area (Å²) in [6.07, 6.45) is 4.30. The molecular formula is C87H139N17O20+4. The van der Waals surface area contributed by atoms with Gasteiger partial charge in [0.2, 0.25) is 70.9 Å². The quantitative estimate of drug-likeness (QED) is 0.0208. The molecule has 1 aliphatic rings. The number of carboxylic acids is 2. The van der Waals surface area contributed by atoms with Gasteiger partial charge in [0, 0.05) is 25.2 Å². The number of rotatable bonds is 46. The molecule has 124 heavy (non-hydrogen) atoms. The summed E-state index contributed by atoms with van der Waals surface area (Å²) < 4.78 is 0. The Morgan fingerprint density at radius 2 is 0.927 bits per heavy atom. The van der Waals surface area contributed by atoms with E-state index in [0.29, 0.717) is 81.3 Å². The van der Waals surface area contributed by atoms with E-state index in [1.54, 1.807) is 77.1 Å². The summed E-state index contributed by atoms with van der Waals surface area (Å²) in [6.45, 7) is 15.4. The van der Waals surface area contributed by atoms with E-state index in [0.717, 1.165) is 0 Å². The number of unbranched alkanes of at least 4 members (excludes halogenated alkanes) is 3. The molecule has 0 spiro atoms. The Morgan fingerprint density at radius 3 is 1.41 bits per heavy atom. The standard InChI is InChI=1S/C87H135N17O20/c1-10-53(6)71(91)81(119)102-72(54(7)105)82(120)99-67(46-55-26-16-15-17-27-55)80(118)104-87(9)40-22-14-12-11-13-21-39-86(8,103-79(117)64(45-52(4)5)97-76(114)63(44-51(2)3)96-78(116)68(49-70(109)110)101-85(87)124)84(123)100-66(48-57-33-37-59(107)38-34-57)77(115)98-65(47-56-31-35-58(106)36-32-56)73(111)92-50-69(108)93-60(28-18-23-41-88)74(112)94-61(29-19-24-42-89)75(113)95-62(83(121)122)30-20-25-43-90/h11-12,15-17,26-27,31-38,51-54,60-68,71-72,105-107H,10,13-14,18-25,28-30,39-50,88-91H2,1-9H3,(H,92,111)(H,93,108)(H,94,112)(H,95,113)(H,96,116)(H,97,114)(H,98,115)(H,99,120)(H,100,123)(H,101,124)(H,102,119)(H,103,117)(H,104,118)(H,109,110)(H,121,122)/p+4/b12-11-/t53-,54+,60-,61-,62-,63-,64-,65-,66-,67-,68-,71-,72-,86-,87-/m0/s1. The minimum Gasteiger partial charge on any atom is -0.508 e. The topological polar surface area (TPSA) is 624 Å². The van der Waals surface area contributed by atoms with Crippen LogP contribution < -0.4 is 92.1 Å². The minimum absolute atomic E-state index is 0.0640. The zero-order valence-corrected chi connectivity index (χ0v) is 73.4. The van der Waals surface area contributed by atoms with Crippen LogP contribution >= 0.6 is 0 Å². The average molecular weight is 1740 g/mol. The summed E-state index contributed by atoms with van der Waals surface area (Å²) in [5.74, 6) is -15.7. The van der Waals surface area contributed by atoms with Gasteiger partial charge in [0.15, 0.2) is 6.04 Å². The third kappa shape index (κ3) is 37.1. The van der Waals surface area contributed by atoms with E-state index < -0.39 is 185 Å². The molecule has 3 aromatic carbocycles. The number of benzene rings is 3. The third-order valence-corrected chi connectivity index (χ3v) is 21.7. The van der Waals surface area contributed by atoms with E-state index in [2.05, 4.69) is 92.1 Å². The maximum absolute atomic E-state index is 15.6. The lowest BCUT2D eigenvalue weighted by molar-refractivity contribution is -0.415. The van der Waals surface area contributed by atoms with E-state index in [9.17, 15) is 78.3 Å². The van der Waals surface area contributed by atoms with Crippen LogP contribution in [0.3, 0.4) is 0 Å². The number of phenolic OH excluding ortho intramolecular Hbond substituents is 2. The second kappa shape index (κ2) is 53.8. The molecule has 0 saturated heterocycles. The average Bonchev–Trinajstić information content (AvgIpc) is 0.850. The minimum atomic E-state index is -2.02. The monoisotopic (exact) mass is 1740 g/mol. The van der Waals surface area contributed by atoms with Gasteiger partial charge < -0.3 is 118 Å². The number of amides is 13. The number of hydrogen-bond donors (Lipinski definition) is 22. The molecule has 1 heterocycles. The van der Waals surface area contributed by atoms with Gasteiger partial charge in [-0.05, 0) is 189 Å². The molecule has 0 radical (unpaired) electrons. The Kier molecular flexibility index (Phi) is 45.6. The molecule has 0 aliphatic carbocycles. The van der Waals surface area contributed by atoms with E-state index in [-0.39, 0.29) is 119 Å². The molecule has 13 amide bonds. The summed E-state index contributed by atoms with van der Waals surface area (Å²) in [7, 11) is 0. The van der Waals surface area contributed by atoms with Crippen LogP contribution in [-0.4, -0.2) is 224 Å². The third-order valence-electron chi connectivity index (χ3n) is 21.7. The van der Waals surface area contributed by atoms with Gasteiger partial charge in [-0.1, -0.05) is 108 Å². The zero-order valence-electron chi connectivity index (χ0n) is 73.4. The lowest BCUT2D eigenvalue weighted by atomic mass is 9.90. The summed E-state index contributed by atoms with van der Waals surface area (Å²) in [6, 6.07) is 4.09. The number of aromatic hydroxyl groups is 2. The Morgan fingerprint density at radius 1 is 0.492 bits per heavy atom. The predicted molar refractivity (Wildman–Crippen MR) is 457 cm³/mol. The molecule has 4 rings (SSSR count). The van der Waals surface area contributed by atoms with Crippen molar-refractivity contribution in [3.05, 3.63) is 108 Å². The lowest BCUT2D eigenvalue weighted by Gasteiger charge is -2.34. The number of quaternary nitrogens is 4. The highest BCUT2D eigenvalue weighted by molar-refractivity contribution is 6.02. The highest BCUT2D eigenvalue weighted by Crippen LogP contribution is 2.23. The van der Waals surface area contributed by atoms with Crippen molar-refractivity contribution in [1.29, 1.82) is 0 Å². The predicted octanol–water partition coefficient (Wildman–Crippen LogP) is -2.32. The van der Waals surface area contributed by atoms with Gasteiger partial charge >= 0.3 is 11.9 Å². The second-order valence-electron chi connectivity index (χ2n) is 33.5. The van der Waals surface area contributed by atoms with Crippen LogP contribution in [0.25, 0.3) is 0 Å². The SMILES string of the molecule is CC[C@H](C)[C@H]([NH3+])C(=O)N[C@H](C(=O)N[C@@H](Cc1ccccc1)C(=O)N[C@@]1(C)CCC/C=C\CCC[C@@](C)(C(=O)N[C@@H](Cc2ccc(O)cc2)C(=O)N[C@@H](Cc2ccc(O)cc2)C(=O)NCC(=O)N[C@@H](CCCC[NH3+])C(=O)N[C@@H](CCCC[NH3+])C(=O)N[C@@H](CCCC[NH3+])C(=O)O)NC(=O)[C@H](CC(C)C)NC(=O)[C@H](CC(C)C)NC(=O)[C@H](CC(=O)O)NC1=O)[C@@H](C)O. The maximum Gasteiger partial charge on any atom is 0.326 e. The molecule has 15 atom stereocenters. The molecule has 0 saturated carbocycles. The van der Waals surface area contributed by atoms with Crippen LogP contribution in [-0.2, 0) is 91.2 Å². The number of aliphatic hydroxyl groups excluding tert-OH is 1. The summed E-state index contributed by atoms with van der Waals surface area (Å²) in [5, 5.41) is 86.5. The Hall–Kier alpha value is -11.1. The maximum atomic E-state index is 15.6. The van der Waals surface area contributed by atoms with Gasteiger partial charge in [0.1, 0.15) is 83.0 Å². The molecule has 0 aromatic heterocycles. The van der Waals surface area contributed by atoms with Crippen molar-refractivity contribution in [1.82, 2.24) is 69.1 Å². The smallest absolute Gasteiger partial charge is 0.326 e. The Labute approximate surface area is 725 Å². The molecule has 1 aliphatic heterocycles. The van der Waals surface area contributed by atoms with Crippen molar-refractivity contribution in [3.63, 3.8) is 0 Å². The van der Waals surface area contributed by atoms with Crippen molar-refractivity contribution in [3.8, 4) is 11.5 Å². The first kappa shape index (κ1) is 105. The van der Waals surface area contributed by atoms with Crippen molar-refractivity contribution < 1.29 is 120 Å². The highest BCUT2D eigenvalue weighted by atomic mass is 16.4. The van der Waals surface area contributed by atoms with Crippen LogP contribution in [0.4, 0.5) is 0 Å². The van der Waals surface area contributed by atoms with E-state index in [4.69, 9.17) is 0 Å². The largest absolute Gasteiger partial charge is 0.508 e. The van der Waals surface area contributed by atoms with Gasteiger partial charge in [-0.15, -0.1) is 0 Å². The lowest BCUT2D eigenvalue weighted by Crippen LogP contribution is -2.72. The molecule has 30 N–H and O–H groups in total. The molecule has 688 valence electrons. The van der Waals surface area contributed by atoms with Crippen LogP contribution in [0.15, 0.2) is 91.0 Å². The van der Waals surface area contributed by atoms with Crippen molar-refractivity contribution >= 4 is 88.7 Å². The number of carbonyl (C=O) groups excluding carboxylic acids is 13. The number of aliphatic carboxylic acids is 2. The fraction of sp³-hybridized carbons (Fsp3) is 0.598. The van der Waals surface area contributed by atoms with E-state index >= 15 is 19.2 Å². The molecular weight excluding hydrogens is 1600 g/mol. The second-order valence-corrected chi connectivity index (χ2v) is 33.5. The van der Waals surface area contributed by atoms with E-state index in [1.807, 2.05) is 6.92 Å². The van der Waals surface area contributed by atoms with Gasteiger partial charge in [0.25, 0.3) is 5.91 Å². The number of hydrogen-bond acceptors (Lipinski definition) is 18. The summed E-state index contributed by atoms with van der Waals surface area (Å²) in [4.78, 5) is 215. The van der Waals surface area contributed by atoms with Crippen LogP contribution in [0.1, 0.15) is 201 Å². The Bertz CT molecular complexity index is 4020. The number of allylic oxidation sites excluding steroid dienone is 2. The van der Waals surface area contributed by atoms with E-state index in [1.165, 1.54) is 69.3 Å². The van der Waals surface area contributed by atoms with Crippen LogP contribution in [0.2, 0.25) is 0 Å².